The Labute approximate surface area is 189 Å². The minimum atomic E-state index is -3.88. The van der Waals surface area contributed by atoms with Crippen LogP contribution in [0.5, 0.6) is 0 Å². The van der Waals surface area contributed by atoms with Gasteiger partial charge in [0.1, 0.15) is 0 Å². The molecule has 3 atom stereocenters. The summed E-state index contributed by atoms with van der Waals surface area (Å²) in [6, 6.07) is 13.4. The molecule has 10 heteroatoms. The molecule has 3 N–H and O–H groups in total. The van der Waals surface area contributed by atoms with Crippen molar-refractivity contribution >= 4 is 31.4 Å². The number of fused-ring (bicyclic) bond motifs is 1. The van der Waals surface area contributed by atoms with Gasteiger partial charge in [-0.15, -0.1) is 0 Å². The van der Waals surface area contributed by atoms with Gasteiger partial charge in [-0.3, -0.25) is 4.31 Å². The smallest absolute Gasteiger partial charge is 0.264 e. The first kappa shape index (κ1) is 23.0. The Balaban J connectivity index is 1.54. The van der Waals surface area contributed by atoms with Crippen molar-refractivity contribution in [2.24, 2.45) is 5.92 Å². The number of nitrogens with one attached hydrogen (secondary N) is 2. The number of aliphatic hydroxyl groups excluding tert-OH is 1. The fourth-order valence-corrected chi connectivity index (χ4v) is 8.05. The lowest BCUT2D eigenvalue weighted by molar-refractivity contribution is 0.306. The Morgan fingerprint density at radius 2 is 1.72 bits per heavy atom. The van der Waals surface area contributed by atoms with Crippen molar-refractivity contribution in [3.05, 3.63) is 54.1 Å². The van der Waals surface area contributed by atoms with Crippen molar-refractivity contribution in [1.82, 2.24) is 4.72 Å². The Bertz CT molecular complexity index is 1150. The summed E-state index contributed by atoms with van der Waals surface area (Å²) in [4.78, 5) is 0.0969. The molecule has 174 valence electrons. The second-order valence-corrected chi connectivity index (χ2v) is 12.2. The summed E-state index contributed by atoms with van der Waals surface area (Å²) in [5.74, 6) is -0.00116. The number of sulfonamides is 2. The maximum Gasteiger partial charge on any atom is 0.264 e. The van der Waals surface area contributed by atoms with Gasteiger partial charge >= 0.3 is 0 Å². The van der Waals surface area contributed by atoms with Crippen LogP contribution < -0.4 is 14.3 Å². The molecular formula is C22H29N3O5S2. The van der Waals surface area contributed by atoms with Gasteiger partial charge in [0, 0.05) is 11.6 Å². The molecule has 2 aliphatic rings. The van der Waals surface area contributed by atoms with Crippen LogP contribution in [-0.2, 0) is 20.0 Å². The average molecular weight is 480 g/mol. The maximum atomic E-state index is 13.2. The first-order chi connectivity index (χ1) is 15.2. The van der Waals surface area contributed by atoms with E-state index >= 15 is 0 Å². The molecule has 0 spiro atoms. The molecule has 2 aromatic carbocycles. The van der Waals surface area contributed by atoms with Crippen LogP contribution >= 0.6 is 0 Å². The molecule has 1 heterocycles. The zero-order valence-electron chi connectivity index (χ0n) is 17.9. The van der Waals surface area contributed by atoms with E-state index < -0.39 is 26.2 Å². The summed E-state index contributed by atoms with van der Waals surface area (Å²) < 4.78 is 55.2. The number of hydrogen-bond donors (Lipinski definition) is 3. The van der Waals surface area contributed by atoms with E-state index in [9.17, 15) is 21.9 Å². The molecule has 0 radical (unpaired) electrons. The summed E-state index contributed by atoms with van der Waals surface area (Å²) >= 11 is 0. The quantitative estimate of drug-likeness (QED) is 0.562. The average Bonchev–Trinajstić information content (AvgIpc) is 3.03. The largest absolute Gasteiger partial charge is 0.394 e. The first-order valence-corrected chi connectivity index (χ1v) is 13.8. The Kier molecular flexibility index (Phi) is 6.49. The molecule has 0 amide bonds. The van der Waals surface area contributed by atoms with E-state index in [0.29, 0.717) is 17.8 Å². The fraction of sp³-hybridized carbons (Fsp3) is 0.455. The van der Waals surface area contributed by atoms with Gasteiger partial charge in [-0.25, -0.2) is 16.8 Å². The molecule has 2 aromatic rings. The van der Waals surface area contributed by atoms with Crippen molar-refractivity contribution in [1.29, 1.82) is 0 Å². The molecule has 1 saturated heterocycles. The second kappa shape index (κ2) is 9.01. The Morgan fingerprint density at radius 1 is 1.06 bits per heavy atom. The van der Waals surface area contributed by atoms with Gasteiger partial charge in [0.25, 0.3) is 10.0 Å². The van der Waals surface area contributed by atoms with E-state index in [1.54, 1.807) is 24.3 Å². The van der Waals surface area contributed by atoms with Crippen LogP contribution in [0.1, 0.15) is 31.2 Å². The molecule has 1 aliphatic carbocycles. The van der Waals surface area contributed by atoms with Gasteiger partial charge in [-0.05, 0) is 56.2 Å². The predicted molar refractivity (Wildman–Crippen MR) is 124 cm³/mol. The standard InChI is InChI=1S/C22H29N3O5S2/c1-16-6-10-18(11-7-16)25(14-15-26)32(29,30)19-12-8-17(9-13-19)23-22-20-4-2-3-5-21(20)31(27,28)24-22/h6-13,20-24,26H,2-5,14-15H2,1H3. The Morgan fingerprint density at radius 3 is 2.38 bits per heavy atom. The maximum absolute atomic E-state index is 13.2. The van der Waals surface area contributed by atoms with E-state index in [1.165, 1.54) is 16.4 Å². The predicted octanol–water partition coefficient (Wildman–Crippen LogP) is 2.41. The lowest BCUT2D eigenvalue weighted by Gasteiger charge is -2.27. The van der Waals surface area contributed by atoms with Crippen LogP contribution in [0.4, 0.5) is 11.4 Å². The molecular weight excluding hydrogens is 450 g/mol. The highest BCUT2D eigenvalue weighted by molar-refractivity contribution is 7.92. The SMILES string of the molecule is Cc1ccc(N(CCO)S(=O)(=O)c2ccc(NC3NS(=O)(=O)C4CCCCC34)cc2)cc1. The van der Waals surface area contributed by atoms with Crippen molar-refractivity contribution in [2.45, 2.75) is 48.9 Å². The number of rotatable bonds is 7. The summed E-state index contributed by atoms with van der Waals surface area (Å²) in [6.45, 7) is 1.55. The minimum Gasteiger partial charge on any atom is -0.394 e. The summed E-state index contributed by atoms with van der Waals surface area (Å²) in [5, 5.41) is 12.3. The van der Waals surface area contributed by atoms with Gasteiger partial charge in [-0.2, -0.15) is 4.72 Å². The van der Waals surface area contributed by atoms with Crippen LogP contribution in [0, 0.1) is 12.8 Å². The second-order valence-electron chi connectivity index (χ2n) is 8.43. The molecule has 1 saturated carbocycles. The normalized spacial score (nSPS) is 24.6. The lowest BCUT2D eigenvalue weighted by Crippen LogP contribution is -2.37. The highest BCUT2D eigenvalue weighted by Crippen LogP contribution is 2.37. The summed E-state index contributed by atoms with van der Waals surface area (Å²) in [7, 11) is -7.21. The summed E-state index contributed by atoms with van der Waals surface area (Å²) in [5.41, 5.74) is 2.13. The van der Waals surface area contributed by atoms with Crippen LogP contribution in [-0.4, -0.2) is 46.5 Å². The van der Waals surface area contributed by atoms with Gasteiger partial charge in [0.15, 0.2) is 0 Å². The number of anilines is 2. The van der Waals surface area contributed by atoms with Crippen LogP contribution in [0.15, 0.2) is 53.4 Å². The number of aryl methyl sites for hydroxylation is 1. The summed E-state index contributed by atoms with van der Waals surface area (Å²) in [6.07, 6.45) is 3.05. The Hall–Kier alpha value is -2.14. The molecule has 32 heavy (non-hydrogen) atoms. The minimum absolute atomic E-state index is 0.00116. The van der Waals surface area contributed by atoms with Crippen LogP contribution in [0.25, 0.3) is 0 Å². The number of hydrogen-bond acceptors (Lipinski definition) is 6. The van der Waals surface area contributed by atoms with Crippen molar-refractivity contribution in [3.8, 4) is 0 Å². The molecule has 0 aromatic heterocycles. The number of nitrogens with zero attached hydrogens (tertiary/aromatic N) is 1. The van der Waals surface area contributed by atoms with Crippen LogP contribution in [0.2, 0.25) is 0 Å². The third-order valence-electron chi connectivity index (χ3n) is 6.26. The monoisotopic (exact) mass is 479 g/mol. The van der Waals surface area contributed by atoms with Gasteiger partial charge in [0.05, 0.1) is 35.2 Å². The zero-order valence-corrected chi connectivity index (χ0v) is 19.6. The van der Waals surface area contributed by atoms with Crippen molar-refractivity contribution in [2.75, 3.05) is 22.8 Å². The highest BCUT2D eigenvalue weighted by atomic mass is 32.2. The van der Waals surface area contributed by atoms with Gasteiger partial charge < -0.3 is 10.4 Å². The van der Waals surface area contributed by atoms with E-state index in [0.717, 1.165) is 24.8 Å². The zero-order chi connectivity index (χ0) is 22.9. The molecule has 1 aliphatic heterocycles. The third kappa shape index (κ3) is 4.50. The lowest BCUT2D eigenvalue weighted by atomic mass is 9.86. The highest BCUT2D eigenvalue weighted by Gasteiger charge is 2.47. The molecule has 3 unspecified atom stereocenters. The van der Waals surface area contributed by atoms with Gasteiger partial charge in [-0.1, -0.05) is 30.5 Å². The first-order valence-electron chi connectivity index (χ1n) is 10.8. The van der Waals surface area contributed by atoms with Crippen molar-refractivity contribution in [3.63, 3.8) is 0 Å². The third-order valence-corrected chi connectivity index (χ3v) is 10.1. The fourth-order valence-electron chi connectivity index (χ4n) is 4.60. The topological polar surface area (TPSA) is 116 Å². The van der Waals surface area contributed by atoms with E-state index in [1.807, 2.05) is 19.1 Å². The number of aliphatic hydroxyl groups is 1. The van der Waals surface area contributed by atoms with E-state index in [2.05, 4.69) is 10.0 Å². The molecule has 4 rings (SSSR count). The van der Waals surface area contributed by atoms with Crippen molar-refractivity contribution < 1.29 is 21.9 Å². The number of benzene rings is 2. The van der Waals surface area contributed by atoms with Crippen LogP contribution in [0.3, 0.4) is 0 Å². The van der Waals surface area contributed by atoms with Gasteiger partial charge in [0.2, 0.25) is 10.0 Å². The molecule has 8 nitrogen and oxygen atoms in total. The molecule has 0 bridgehead atoms. The van der Waals surface area contributed by atoms with E-state index in [-0.39, 0.29) is 29.2 Å². The van der Waals surface area contributed by atoms with E-state index in [4.69, 9.17) is 0 Å². The molecule has 2 fully saturated rings.